The lowest BCUT2D eigenvalue weighted by Gasteiger charge is -1.98. The van der Waals surface area contributed by atoms with Crippen LogP contribution >= 0.6 is 0 Å². The predicted octanol–water partition coefficient (Wildman–Crippen LogP) is 3.34. The molecule has 0 rings (SSSR count). The van der Waals surface area contributed by atoms with Gasteiger partial charge in [-0.05, 0) is 6.42 Å². The largest absolute Gasteiger partial charge is 0.300 e. The van der Waals surface area contributed by atoms with Crippen LogP contribution in [0.1, 0.15) is 51.4 Å². The monoisotopic (exact) mass is 168 g/mol. The van der Waals surface area contributed by atoms with E-state index in [4.69, 9.17) is 0 Å². The Hall–Kier alpha value is -0.330. The molecule has 1 nitrogen and oxygen atoms in total. The highest BCUT2D eigenvalue weighted by Crippen LogP contribution is 2.07. The molecule has 0 fully saturated rings. The van der Waals surface area contributed by atoms with Crippen LogP contribution < -0.4 is 0 Å². The fraction of sp³-hybridized carbons (Fsp3) is 0.727. The van der Waals surface area contributed by atoms with Gasteiger partial charge in [-0.3, -0.25) is 4.79 Å². The van der Waals surface area contributed by atoms with Crippen LogP contribution in [0.25, 0.3) is 0 Å². The van der Waals surface area contributed by atoms with Crippen molar-refractivity contribution in [1.82, 2.24) is 0 Å². The molecule has 0 aliphatic carbocycles. The van der Waals surface area contributed by atoms with Gasteiger partial charge in [0.1, 0.15) is 5.78 Å². The SMILES string of the molecule is [CH2]CCCCCCCCC([CH2])=O. The predicted molar refractivity (Wildman–Crippen MR) is 52.7 cm³/mol. The van der Waals surface area contributed by atoms with Crippen molar-refractivity contribution >= 4 is 5.78 Å². The zero-order chi connectivity index (χ0) is 9.23. The second-order valence-electron chi connectivity index (χ2n) is 3.26. The van der Waals surface area contributed by atoms with E-state index in [9.17, 15) is 4.79 Å². The van der Waals surface area contributed by atoms with Gasteiger partial charge in [-0.1, -0.05) is 45.4 Å². The third-order valence-corrected chi connectivity index (χ3v) is 1.96. The molecule has 1 heteroatoms. The second-order valence-corrected chi connectivity index (χ2v) is 3.26. The molecule has 0 saturated heterocycles. The first-order valence-corrected chi connectivity index (χ1v) is 4.91. The summed E-state index contributed by atoms with van der Waals surface area (Å²) < 4.78 is 0. The van der Waals surface area contributed by atoms with Crippen molar-refractivity contribution in [2.75, 3.05) is 0 Å². The molecule has 0 aromatic carbocycles. The maximum atomic E-state index is 10.5. The second kappa shape index (κ2) is 8.76. The van der Waals surface area contributed by atoms with Gasteiger partial charge < -0.3 is 0 Å². The lowest BCUT2D eigenvalue weighted by atomic mass is 10.1. The number of ketones is 1. The van der Waals surface area contributed by atoms with E-state index in [0.29, 0.717) is 6.42 Å². The summed E-state index contributed by atoms with van der Waals surface area (Å²) in [7, 11) is 0. The van der Waals surface area contributed by atoms with Crippen LogP contribution in [-0.4, -0.2) is 5.78 Å². The van der Waals surface area contributed by atoms with Gasteiger partial charge in [-0.2, -0.15) is 0 Å². The molecule has 0 heterocycles. The van der Waals surface area contributed by atoms with Crippen LogP contribution in [0.15, 0.2) is 0 Å². The molecule has 0 atom stereocenters. The third-order valence-electron chi connectivity index (χ3n) is 1.96. The maximum Gasteiger partial charge on any atom is 0.133 e. The summed E-state index contributed by atoms with van der Waals surface area (Å²) in [5, 5.41) is 0. The van der Waals surface area contributed by atoms with Crippen molar-refractivity contribution in [3.8, 4) is 0 Å². The number of unbranched alkanes of at least 4 members (excludes halogenated alkanes) is 6. The Morgan fingerprint density at radius 3 is 1.92 bits per heavy atom. The van der Waals surface area contributed by atoms with Crippen molar-refractivity contribution in [3.05, 3.63) is 13.8 Å². The quantitative estimate of drug-likeness (QED) is 0.508. The van der Waals surface area contributed by atoms with Crippen LogP contribution in [0, 0.1) is 13.8 Å². The van der Waals surface area contributed by atoms with E-state index in [-0.39, 0.29) is 5.78 Å². The zero-order valence-electron chi connectivity index (χ0n) is 7.98. The lowest BCUT2D eigenvalue weighted by molar-refractivity contribution is -0.114. The van der Waals surface area contributed by atoms with Gasteiger partial charge in [-0.15, -0.1) is 0 Å². The van der Waals surface area contributed by atoms with Crippen LogP contribution in [0.5, 0.6) is 0 Å². The summed E-state index contributed by atoms with van der Waals surface area (Å²) in [6.07, 6.45) is 9.00. The summed E-state index contributed by atoms with van der Waals surface area (Å²) in [5.74, 6) is 0.0766. The Morgan fingerprint density at radius 1 is 0.917 bits per heavy atom. The van der Waals surface area contributed by atoms with Gasteiger partial charge >= 0.3 is 0 Å². The van der Waals surface area contributed by atoms with Crippen molar-refractivity contribution in [1.29, 1.82) is 0 Å². The Kier molecular flexibility index (Phi) is 8.52. The van der Waals surface area contributed by atoms with Gasteiger partial charge in [-0.25, -0.2) is 0 Å². The average Bonchev–Trinajstić information content (AvgIpc) is 2.02. The van der Waals surface area contributed by atoms with Crippen molar-refractivity contribution < 1.29 is 4.79 Å². The van der Waals surface area contributed by atoms with Crippen molar-refractivity contribution in [2.24, 2.45) is 0 Å². The van der Waals surface area contributed by atoms with Gasteiger partial charge in [0.2, 0.25) is 0 Å². The smallest absolute Gasteiger partial charge is 0.133 e. The van der Waals surface area contributed by atoms with E-state index < -0.39 is 0 Å². The average molecular weight is 168 g/mol. The van der Waals surface area contributed by atoms with Crippen LogP contribution in [-0.2, 0) is 4.79 Å². The highest BCUT2D eigenvalue weighted by molar-refractivity contribution is 5.82. The molecular weight excluding hydrogens is 148 g/mol. The summed E-state index contributed by atoms with van der Waals surface area (Å²) in [6, 6.07) is 0. The molecule has 0 aromatic rings. The van der Waals surface area contributed by atoms with E-state index in [1.165, 1.54) is 32.1 Å². The van der Waals surface area contributed by atoms with Crippen LogP contribution in [0.4, 0.5) is 0 Å². The van der Waals surface area contributed by atoms with E-state index in [1.54, 1.807) is 0 Å². The summed E-state index contributed by atoms with van der Waals surface area (Å²) in [4.78, 5) is 10.5. The van der Waals surface area contributed by atoms with Gasteiger partial charge in [0.15, 0.2) is 0 Å². The van der Waals surface area contributed by atoms with Gasteiger partial charge in [0, 0.05) is 13.3 Å². The lowest BCUT2D eigenvalue weighted by Crippen LogP contribution is -1.89. The van der Waals surface area contributed by atoms with E-state index in [1.807, 2.05) is 0 Å². The normalized spacial score (nSPS) is 10.2. The first-order chi connectivity index (χ1) is 5.77. The minimum atomic E-state index is 0.0766. The molecule has 0 amide bonds. The highest BCUT2D eigenvalue weighted by Gasteiger charge is 1.93. The molecule has 0 saturated carbocycles. The van der Waals surface area contributed by atoms with Crippen LogP contribution in [0.2, 0.25) is 0 Å². The fourth-order valence-electron chi connectivity index (χ4n) is 1.21. The van der Waals surface area contributed by atoms with E-state index >= 15 is 0 Å². The number of hydrogen-bond donors (Lipinski definition) is 0. The standard InChI is InChI=1S/C11H20O/c1-3-4-5-6-7-8-9-10-11(2)12/h1-10H2. The van der Waals surface area contributed by atoms with E-state index in [0.717, 1.165) is 12.8 Å². The summed E-state index contributed by atoms with van der Waals surface area (Å²) in [6.45, 7) is 7.13. The minimum absolute atomic E-state index is 0.0766. The first kappa shape index (κ1) is 11.7. The van der Waals surface area contributed by atoms with Crippen molar-refractivity contribution in [2.45, 2.75) is 51.4 Å². The molecular formula is C11H20O. The fourth-order valence-corrected chi connectivity index (χ4v) is 1.21. The Labute approximate surface area is 76.6 Å². The molecule has 2 radical (unpaired) electrons. The van der Waals surface area contributed by atoms with Crippen molar-refractivity contribution in [3.63, 3.8) is 0 Å². The molecule has 0 aliphatic rings. The number of carbonyl (C=O) groups is 1. The Balaban J connectivity index is 2.86. The highest BCUT2D eigenvalue weighted by atomic mass is 16.1. The molecule has 0 N–H and O–H groups in total. The molecule has 0 aliphatic heterocycles. The number of carbonyl (C=O) groups excluding carboxylic acids is 1. The minimum Gasteiger partial charge on any atom is -0.300 e. The molecule has 0 aromatic heterocycles. The summed E-state index contributed by atoms with van der Waals surface area (Å²) >= 11 is 0. The molecule has 0 bridgehead atoms. The third kappa shape index (κ3) is 9.67. The topological polar surface area (TPSA) is 17.1 Å². The molecule has 0 unspecified atom stereocenters. The van der Waals surface area contributed by atoms with E-state index in [2.05, 4.69) is 13.8 Å². The Morgan fingerprint density at radius 2 is 1.42 bits per heavy atom. The zero-order valence-corrected chi connectivity index (χ0v) is 7.98. The maximum absolute atomic E-state index is 10.5. The molecule has 0 spiro atoms. The first-order valence-electron chi connectivity index (χ1n) is 4.91. The van der Waals surface area contributed by atoms with Crippen LogP contribution in [0.3, 0.4) is 0 Å². The Bertz CT molecular complexity index is 108. The molecule has 12 heavy (non-hydrogen) atoms. The number of rotatable bonds is 8. The number of hydrogen-bond acceptors (Lipinski definition) is 1. The number of Topliss-reactive ketones (excluding diaryl/α,β-unsaturated/α-hetero) is 1. The van der Waals surface area contributed by atoms with Gasteiger partial charge in [0.25, 0.3) is 0 Å². The summed E-state index contributed by atoms with van der Waals surface area (Å²) in [5.41, 5.74) is 0. The van der Waals surface area contributed by atoms with Gasteiger partial charge in [0.05, 0.1) is 0 Å². The molecule has 70 valence electrons.